The van der Waals surface area contributed by atoms with Crippen molar-refractivity contribution in [2.75, 3.05) is 6.54 Å². The van der Waals surface area contributed by atoms with Crippen molar-refractivity contribution in [2.45, 2.75) is 19.4 Å². The summed E-state index contributed by atoms with van der Waals surface area (Å²) in [5, 5.41) is 14.5. The highest BCUT2D eigenvalue weighted by Gasteiger charge is 2.21. The third kappa shape index (κ3) is 4.44. The van der Waals surface area contributed by atoms with Crippen molar-refractivity contribution in [1.29, 1.82) is 0 Å². The van der Waals surface area contributed by atoms with Crippen molar-refractivity contribution >= 4 is 22.6 Å². The van der Waals surface area contributed by atoms with Crippen LogP contribution in [0.2, 0.25) is 0 Å². The summed E-state index contributed by atoms with van der Waals surface area (Å²) in [6, 6.07) is 20.2. The molecule has 5 heteroatoms. The lowest BCUT2D eigenvalue weighted by atomic mass is 10.1. The van der Waals surface area contributed by atoms with Crippen molar-refractivity contribution in [2.24, 2.45) is 0 Å². The first-order valence-corrected chi connectivity index (χ1v) is 8.79. The normalized spacial score (nSPS) is 11.7. The molecule has 0 bridgehead atoms. The predicted molar refractivity (Wildman–Crippen MR) is 104 cm³/mol. The molecule has 5 nitrogen and oxygen atoms in total. The lowest BCUT2D eigenvalue weighted by Crippen LogP contribution is -2.36. The van der Waals surface area contributed by atoms with Crippen LogP contribution in [0.15, 0.2) is 66.7 Å². The number of phenols is 1. The molecule has 0 heterocycles. The zero-order chi connectivity index (χ0) is 19.2. The minimum absolute atomic E-state index is 0.0395. The molecule has 0 unspecified atom stereocenters. The first-order chi connectivity index (χ1) is 13.1. The summed E-state index contributed by atoms with van der Waals surface area (Å²) >= 11 is 0. The molecule has 3 rings (SSSR count). The van der Waals surface area contributed by atoms with Crippen LogP contribution in [-0.4, -0.2) is 29.6 Å². The Hall–Kier alpha value is -3.34. The first kappa shape index (κ1) is 18.5. The van der Waals surface area contributed by atoms with Crippen LogP contribution in [0, 0.1) is 0 Å². The van der Waals surface area contributed by atoms with E-state index in [4.69, 9.17) is 4.74 Å². The second-order valence-corrected chi connectivity index (χ2v) is 6.26. The molecule has 3 aromatic rings. The van der Waals surface area contributed by atoms with Gasteiger partial charge in [0.15, 0.2) is 6.10 Å². The maximum Gasteiger partial charge on any atom is 0.342 e. The van der Waals surface area contributed by atoms with Crippen LogP contribution in [0.4, 0.5) is 0 Å². The smallest absolute Gasteiger partial charge is 0.342 e. The van der Waals surface area contributed by atoms with Crippen molar-refractivity contribution in [3.05, 3.63) is 77.9 Å². The average Bonchev–Trinajstić information content (AvgIpc) is 2.69. The number of fused-ring (bicyclic) bond motifs is 1. The molecule has 0 radical (unpaired) electrons. The molecular formula is C22H21NO4. The summed E-state index contributed by atoms with van der Waals surface area (Å²) in [6.07, 6.45) is -0.266. The number of benzene rings is 3. The van der Waals surface area contributed by atoms with Gasteiger partial charge in [0.1, 0.15) is 11.3 Å². The molecule has 0 aliphatic carbocycles. The van der Waals surface area contributed by atoms with Crippen LogP contribution < -0.4 is 5.32 Å². The van der Waals surface area contributed by atoms with Crippen molar-refractivity contribution in [3.8, 4) is 5.75 Å². The molecule has 0 aliphatic rings. The summed E-state index contributed by atoms with van der Waals surface area (Å²) < 4.78 is 5.22. The molecule has 0 saturated heterocycles. The number of carbonyl (C=O) groups is 2. The van der Waals surface area contributed by atoms with E-state index >= 15 is 0 Å². The second-order valence-electron chi connectivity index (χ2n) is 6.26. The second kappa shape index (κ2) is 8.36. The van der Waals surface area contributed by atoms with Crippen LogP contribution in [0.25, 0.3) is 10.8 Å². The highest BCUT2D eigenvalue weighted by Crippen LogP contribution is 2.29. The highest BCUT2D eigenvalue weighted by atomic mass is 16.5. The number of phenolic OH excluding ortho intramolecular Hbond substituents is 1. The van der Waals surface area contributed by atoms with Crippen molar-refractivity contribution in [1.82, 2.24) is 5.32 Å². The van der Waals surface area contributed by atoms with E-state index in [2.05, 4.69) is 5.32 Å². The topological polar surface area (TPSA) is 75.6 Å². The molecule has 2 N–H and O–H groups in total. The molecule has 1 atom stereocenters. The van der Waals surface area contributed by atoms with Gasteiger partial charge in [0.25, 0.3) is 5.91 Å². The number of nitrogens with one attached hydrogen (secondary N) is 1. The van der Waals surface area contributed by atoms with Crippen LogP contribution in [0.5, 0.6) is 5.75 Å². The standard InChI is InChI=1S/C22H21NO4/c1-15(21(25)23-14-13-16-7-3-2-4-8-16)27-22(26)19-12-11-17-9-5-6-10-18(17)20(19)24/h2-12,15,24H,13-14H2,1H3,(H,23,25)/t15-/m0/s1. The minimum atomic E-state index is -0.959. The van der Waals surface area contributed by atoms with Gasteiger partial charge in [-0.3, -0.25) is 4.79 Å². The quantitative estimate of drug-likeness (QED) is 0.658. The van der Waals surface area contributed by atoms with Gasteiger partial charge in [-0.25, -0.2) is 4.79 Å². The van der Waals surface area contributed by atoms with Crippen molar-refractivity contribution < 1.29 is 19.4 Å². The Labute approximate surface area is 157 Å². The molecule has 138 valence electrons. The molecule has 0 saturated carbocycles. The SMILES string of the molecule is C[C@H](OC(=O)c1ccc2ccccc2c1O)C(=O)NCCc1ccccc1. The summed E-state index contributed by atoms with van der Waals surface area (Å²) in [4.78, 5) is 24.5. The predicted octanol–water partition coefficient (Wildman–Crippen LogP) is 3.45. The molecule has 0 spiro atoms. The molecule has 1 amide bonds. The Morgan fingerprint density at radius 2 is 1.70 bits per heavy atom. The summed E-state index contributed by atoms with van der Waals surface area (Å²) in [7, 11) is 0. The van der Waals surface area contributed by atoms with Gasteiger partial charge in [-0.15, -0.1) is 0 Å². The highest BCUT2D eigenvalue weighted by molar-refractivity contribution is 6.01. The molecule has 0 aliphatic heterocycles. The summed E-state index contributed by atoms with van der Waals surface area (Å²) in [5.41, 5.74) is 1.15. The Kier molecular flexibility index (Phi) is 5.71. The lowest BCUT2D eigenvalue weighted by Gasteiger charge is -2.14. The van der Waals surface area contributed by atoms with E-state index in [1.165, 1.54) is 13.0 Å². The van der Waals surface area contributed by atoms with E-state index in [1.807, 2.05) is 42.5 Å². The maximum absolute atomic E-state index is 12.4. The monoisotopic (exact) mass is 363 g/mol. The Bertz CT molecular complexity index is 953. The fourth-order valence-electron chi connectivity index (χ4n) is 2.82. The van der Waals surface area contributed by atoms with Gasteiger partial charge in [0, 0.05) is 11.9 Å². The zero-order valence-electron chi connectivity index (χ0n) is 15.0. The number of hydrogen-bond acceptors (Lipinski definition) is 4. The van der Waals surface area contributed by atoms with E-state index < -0.39 is 12.1 Å². The number of rotatable bonds is 6. The molecule has 0 aromatic heterocycles. The van der Waals surface area contributed by atoms with Gasteiger partial charge in [0.05, 0.1) is 0 Å². The molecule has 27 heavy (non-hydrogen) atoms. The molecular weight excluding hydrogens is 342 g/mol. The number of amides is 1. The Balaban J connectivity index is 1.58. The lowest BCUT2D eigenvalue weighted by molar-refractivity contribution is -0.129. The van der Waals surface area contributed by atoms with Crippen molar-refractivity contribution in [3.63, 3.8) is 0 Å². The van der Waals surface area contributed by atoms with E-state index in [-0.39, 0.29) is 17.2 Å². The average molecular weight is 363 g/mol. The van der Waals surface area contributed by atoms with Gasteiger partial charge in [-0.1, -0.05) is 60.7 Å². The van der Waals surface area contributed by atoms with Gasteiger partial charge in [-0.05, 0) is 30.4 Å². The van der Waals surface area contributed by atoms with E-state index in [0.717, 1.165) is 10.9 Å². The van der Waals surface area contributed by atoms with Gasteiger partial charge in [0.2, 0.25) is 0 Å². The first-order valence-electron chi connectivity index (χ1n) is 8.79. The Morgan fingerprint density at radius 3 is 2.48 bits per heavy atom. The Morgan fingerprint density at radius 1 is 1.00 bits per heavy atom. The molecule has 0 fully saturated rings. The van der Waals surface area contributed by atoms with Crippen LogP contribution in [0.3, 0.4) is 0 Å². The summed E-state index contributed by atoms with van der Waals surface area (Å²) in [5.74, 6) is -1.25. The fraction of sp³-hybridized carbons (Fsp3) is 0.182. The number of ether oxygens (including phenoxy) is 1. The number of aromatic hydroxyl groups is 1. The van der Waals surface area contributed by atoms with Gasteiger partial charge in [-0.2, -0.15) is 0 Å². The number of hydrogen-bond donors (Lipinski definition) is 2. The molecule has 3 aromatic carbocycles. The van der Waals surface area contributed by atoms with E-state index in [1.54, 1.807) is 18.2 Å². The van der Waals surface area contributed by atoms with Gasteiger partial charge < -0.3 is 15.2 Å². The number of esters is 1. The fourth-order valence-corrected chi connectivity index (χ4v) is 2.82. The van der Waals surface area contributed by atoms with Crippen LogP contribution in [-0.2, 0) is 16.0 Å². The number of carbonyl (C=O) groups excluding carboxylic acids is 2. The van der Waals surface area contributed by atoms with E-state index in [9.17, 15) is 14.7 Å². The minimum Gasteiger partial charge on any atom is -0.506 e. The zero-order valence-corrected chi connectivity index (χ0v) is 15.0. The van der Waals surface area contributed by atoms with Crippen LogP contribution in [0.1, 0.15) is 22.8 Å². The maximum atomic E-state index is 12.4. The third-order valence-corrected chi connectivity index (χ3v) is 4.33. The summed E-state index contributed by atoms with van der Waals surface area (Å²) in [6.45, 7) is 1.96. The van der Waals surface area contributed by atoms with Crippen LogP contribution >= 0.6 is 0 Å². The van der Waals surface area contributed by atoms with Gasteiger partial charge >= 0.3 is 5.97 Å². The van der Waals surface area contributed by atoms with E-state index in [0.29, 0.717) is 18.4 Å². The third-order valence-electron chi connectivity index (χ3n) is 4.33. The largest absolute Gasteiger partial charge is 0.506 e.